The third-order valence-electron chi connectivity index (χ3n) is 4.03. The van der Waals surface area contributed by atoms with Crippen molar-refractivity contribution in [1.29, 1.82) is 0 Å². The number of carbonyl (C=O) groups excluding carboxylic acids is 1. The normalized spacial score (nSPS) is 18.0. The van der Waals surface area contributed by atoms with Crippen molar-refractivity contribution in [3.05, 3.63) is 65.7 Å². The number of benzene rings is 2. The number of para-hydroxylation sites is 1. The van der Waals surface area contributed by atoms with E-state index in [2.05, 4.69) is 17.4 Å². The van der Waals surface area contributed by atoms with Crippen LogP contribution < -0.4 is 5.32 Å². The quantitative estimate of drug-likeness (QED) is 0.911. The lowest BCUT2D eigenvalue weighted by molar-refractivity contribution is 0.0575. The van der Waals surface area contributed by atoms with Crippen LogP contribution in [0.25, 0.3) is 0 Å². The van der Waals surface area contributed by atoms with Crippen LogP contribution in [0.3, 0.4) is 0 Å². The molecular formula is C19H22N2O3. The molecule has 2 aromatic rings. The zero-order chi connectivity index (χ0) is 16.8. The van der Waals surface area contributed by atoms with E-state index in [1.165, 1.54) is 5.56 Å². The highest BCUT2D eigenvalue weighted by Gasteiger charge is 2.21. The fourth-order valence-electron chi connectivity index (χ4n) is 2.78. The van der Waals surface area contributed by atoms with E-state index in [-0.39, 0.29) is 19.2 Å². The van der Waals surface area contributed by atoms with Gasteiger partial charge in [-0.05, 0) is 23.6 Å². The molecule has 1 aliphatic rings. The van der Waals surface area contributed by atoms with E-state index in [0.717, 1.165) is 17.7 Å². The Balaban J connectivity index is 1.71. The van der Waals surface area contributed by atoms with Crippen molar-refractivity contribution >= 4 is 11.7 Å². The van der Waals surface area contributed by atoms with Crippen molar-refractivity contribution in [2.45, 2.75) is 12.5 Å². The molecule has 1 atom stereocenters. The molecule has 1 heterocycles. The third-order valence-corrected chi connectivity index (χ3v) is 4.03. The molecule has 5 heteroatoms. The summed E-state index contributed by atoms with van der Waals surface area (Å²) >= 11 is 0. The lowest BCUT2D eigenvalue weighted by Crippen LogP contribution is -2.40. The standard InChI is InChI=1S/C19H22N2O3/c22-17-13-21(10-11-24-14-17)19(23)20-18-9-5-4-8-16(18)12-15-6-2-1-3-7-15/h1-9,17,22H,10-14H2,(H,20,23)/t17-/m0/s1. The largest absolute Gasteiger partial charge is 0.389 e. The molecule has 0 unspecified atom stereocenters. The summed E-state index contributed by atoms with van der Waals surface area (Å²) in [4.78, 5) is 14.1. The molecule has 2 N–H and O–H groups in total. The Morgan fingerprint density at radius 1 is 1.17 bits per heavy atom. The van der Waals surface area contributed by atoms with Crippen LogP contribution in [0.1, 0.15) is 11.1 Å². The minimum absolute atomic E-state index is 0.208. The minimum atomic E-state index is -0.641. The van der Waals surface area contributed by atoms with Crippen LogP contribution in [0.4, 0.5) is 10.5 Å². The topological polar surface area (TPSA) is 61.8 Å². The second-order valence-electron chi connectivity index (χ2n) is 5.92. The first-order valence-corrected chi connectivity index (χ1v) is 8.16. The summed E-state index contributed by atoms with van der Waals surface area (Å²) in [6, 6.07) is 17.7. The fraction of sp³-hybridized carbons (Fsp3) is 0.316. The Morgan fingerprint density at radius 3 is 2.75 bits per heavy atom. The maximum atomic E-state index is 12.5. The second kappa shape index (κ2) is 7.95. The molecular weight excluding hydrogens is 304 g/mol. The smallest absolute Gasteiger partial charge is 0.322 e. The fourth-order valence-corrected chi connectivity index (χ4v) is 2.78. The van der Waals surface area contributed by atoms with Crippen LogP contribution in [0.15, 0.2) is 54.6 Å². The molecule has 126 valence electrons. The van der Waals surface area contributed by atoms with Gasteiger partial charge in [-0.25, -0.2) is 4.79 Å². The highest BCUT2D eigenvalue weighted by atomic mass is 16.5. The number of anilines is 1. The van der Waals surface area contributed by atoms with Crippen molar-refractivity contribution in [2.24, 2.45) is 0 Å². The molecule has 3 rings (SSSR count). The van der Waals surface area contributed by atoms with E-state index in [1.807, 2.05) is 42.5 Å². The summed E-state index contributed by atoms with van der Waals surface area (Å²) in [5, 5.41) is 12.7. The first kappa shape index (κ1) is 16.5. The molecule has 1 saturated heterocycles. The number of hydrogen-bond acceptors (Lipinski definition) is 3. The highest BCUT2D eigenvalue weighted by molar-refractivity contribution is 5.90. The molecule has 24 heavy (non-hydrogen) atoms. The molecule has 0 aliphatic carbocycles. The summed E-state index contributed by atoms with van der Waals surface area (Å²) in [5.74, 6) is 0. The molecule has 0 bridgehead atoms. The second-order valence-corrected chi connectivity index (χ2v) is 5.92. The Kier molecular flexibility index (Phi) is 5.46. The molecule has 0 spiro atoms. The number of hydrogen-bond donors (Lipinski definition) is 2. The predicted octanol–water partition coefficient (Wildman–Crippen LogP) is 2.50. The molecule has 2 amide bonds. The summed E-state index contributed by atoms with van der Waals surface area (Å²) in [5.41, 5.74) is 3.05. The number of ether oxygens (including phenoxy) is 1. The van der Waals surface area contributed by atoms with Crippen molar-refractivity contribution in [3.63, 3.8) is 0 Å². The summed E-state index contributed by atoms with van der Waals surface area (Å²) in [6.07, 6.45) is 0.112. The average Bonchev–Trinajstić information content (AvgIpc) is 2.82. The van der Waals surface area contributed by atoms with Crippen LogP contribution in [0.2, 0.25) is 0 Å². The van der Waals surface area contributed by atoms with E-state index in [4.69, 9.17) is 4.74 Å². The number of carbonyl (C=O) groups is 1. The van der Waals surface area contributed by atoms with Crippen molar-refractivity contribution in [1.82, 2.24) is 4.90 Å². The van der Waals surface area contributed by atoms with Gasteiger partial charge in [0.15, 0.2) is 0 Å². The van der Waals surface area contributed by atoms with E-state index in [0.29, 0.717) is 13.2 Å². The van der Waals surface area contributed by atoms with Gasteiger partial charge in [-0.15, -0.1) is 0 Å². The summed E-state index contributed by atoms with van der Waals surface area (Å²) in [7, 11) is 0. The number of aliphatic hydroxyl groups is 1. The number of rotatable bonds is 3. The van der Waals surface area contributed by atoms with Crippen LogP contribution in [0, 0.1) is 0 Å². The minimum Gasteiger partial charge on any atom is -0.389 e. The monoisotopic (exact) mass is 326 g/mol. The predicted molar refractivity (Wildman–Crippen MR) is 93.1 cm³/mol. The summed E-state index contributed by atoms with van der Waals surface area (Å²) < 4.78 is 5.27. The van der Waals surface area contributed by atoms with Gasteiger partial charge in [0, 0.05) is 12.2 Å². The molecule has 0 aromatic heterocycles. The molecule has 0 radical (unpaired) electrons. The van der Waals surface area contributed by atoms with Gasteiger partial charge in [-0.1, -0.05) is 48.5 Å². The van der Waals surface area contributed by atoms with Crippen LogP contribution >= 0.6 is 0 Å². The van der Waals surface area contributed by atoms with E-state index in [1.54, 1.807) is 4.90 Å². The third kappa shape index (κ3) is 4.34. The van der Waals surface area contributed by atoms with Crippen molar-refractivity contribution in [2.75, 3.05) is 31.6 Å². The molecule has 2 aromatic carbocycles. The lowest BCUT2D eigenvalue weighted by Gasteiger charge is -2.22. The van der Waals surface area contributed by atoms with E-state index in [9.17, 15) is 9.90 Å². The number of nitrogens with zero attached hydrogens (tertiary/aromatic N) is 1. The first-order chi connectivity index (χ1) is 11.7. The first-order valence-electron chi connectivity index (χ1n) is 8.16. The highest BCUT2D eigenvalue weighted by Crippen LogP contribution is 2.19. The Hall–Kier alpha value is -2.37. The van der Waals surface area contributed by atoms with Crippen molar-refractivity contribution < 1.29 is 14.6 Å². The number of aliphatic hydroxyl groups excluding tert-OH is 1. The van der Waals surface area contributed by atoms with Gasteiger partial charge < -0.3 is 20.1 Å². The van der Waals surface area contributed by atoms with Gasteiger partial charge in [0.1, 0.15) is 0 Å². The van der Waals surface area contributed by atoms with Crippen LogP contribution in [0.5, 0.6) is 0 Å². The Bertz CT molecular complexity index is 675. The van der Waals surface area contributed by atoms with Crippen LogP contribution in [-0.2, 0) is 11.2 Å². The van der Waals surface area contributed by atoms with Gasteiger partial charge in [-0.2, -0.15) is 0 Å². The molecule has 5 nitrogen and oxygen atoms in total. The van der Waals surface area contributed by atoms with Gasteiger partial charge in [0.25, 0.3) is 0 Å². The van der Waals surface area contributed by atoms with Gasteiger partial charge in [-0.3, -0.25) is 0 Å². The number of nitrogens with one attached hydrogen (secondary N) is 1. The zero-order valence-electron chi connectivity index (χ0n) is 13.5. The Labute approximate surface area is 141 Å². The zero-order valence-corrected chi connectivity index (χ0v) is 13.5. The average molecular weight is 326 g/mol. The number of urea groups is 1. The maximum Gasteiger partial charge on any atom is 0.322 e. The molecule has 1 aliphatic heterocycles. The van der Waals surface area contributed by atoms with Gasteiger partial charge >= 0.3 is 6.03 Å². The number of amides is 2. The SMILES string of the molecule is O=C(Nc1ccccc1Cc1ccccc1)N1CCOC[C@@H](O)C1. The van der Waals surface area contributed by atoms with E-state index < -0.39 is 6.10 Å². The van der Waals surface area contributed by atoms with Gasteiger partial charge in [0.2, 0.25) is 0 Å². The maximum absolute atomic E-state index is 12.5. The lowest BCUT2D eigenvalue weighted by atomic mass is 10.0. The number of β-amino-alcohol motifs (C(OH)–C–C–N with tert-alkyl or cyclic N) is 1. The molecule has 1 fully saturated rings. The Morgan fingerprint density at radius 2 is 1.92 bits per heavy atom. The molecule has 0 saturated carbocycles. The van der Waals surface area contributed by atoms with Crippen LogP contribution in [-0.4, -0.2) is 48.4 Å². The van der Waals surface area contributed by atoms with Crippen molar-refractivity contribution in [3.8, 4) is 0 Å². The van der Waals surface area contributed by atoms with Gasteiger partial charge in [0.05, 0.1) is 25.9 Å². The van der Waals surface area contributed by atoms with E-state index >= 15 is 0 Å². The summed E-state index contributed by atoms with van der Waals surface area (Å²) in [6.45, 7) is 1.47.